The van der Waals surface area contributed by atoms with E-state index in [-0.39, 0.29) is 11.8 Å². The van der Waals surface area contributed by atoms with Crippen molar-refractivity contribution in [1.82, 2.24) is 4.90 Å². The summed E-state index contributed by atoms with van der Waals surface area (Å²) in [5.74, 6) is -0.206. The van der Waals surface area contributed by atoms with Crippen LogP contribution >= 0.6 is 11.6 Å². The van der Waals surface area contributed by atoms with Gasteiger partial charge < -0.3 is 24.7 Å². The average Bonchev–Trinajstić information content (AvgIpc) is 3.13. The predicted octanol–water partition coefficient (Wildman–Crippen LogP) is 3.05. The largest absolute Gasteiger partial charge is 0.459 e. The van der Waals surface area contributed by atoms with Crippen molar-refractivity contribution >= 4 is 34.9 Å². The zero-order valence-electron chi connectivity index (χ0n) is 12.8. The van der Waals surface area contributed by atoms with Gasteiger partial charge in [0.25, 0.3) is 5.91 Å². The predicted molar refractivity (Wildman–Crippen MR) is 89.5 cm³/mol. The van der Waals surface area contributed by atoms with Crippen LogP contribution in [0.3, 0.4) is 0 Å². The zero-order valence-corrected chi connectivity index (χ0v) is 13.5. The number of nitrogens with one attached hydrogen (secondary N) is 2. The van der Waals surface area contributed by atoms with Crippen molar-refractivity contribution in [2.24, 2.45) is 0 Å². The van der Waals surface area contributed by atoms with Gasteiger partial charge in [-0.05, 0) is 30.3 Å². The molecule has 0 aliphatic carbocycles. The van der Waals surface area contributed by atoms with Gasteiger partial charge in [-0.2, -0.15) is 0 Å². The van der Waals surface area contributed by atoms with Crippen LogP contribution in [0.4, 0.5) is 16.2 Å². The third-order valence-corrected chi connectivity index (χ3v) is 3.82. The number of hydrogen-bond acceptors (Lipinski definition) is 4. The quantitative estimate of drug-likeness (QED) is 0.892. The van der Waals surface area contributed by atoms with Crippen LogP contribution in [-0.4, -0.2) is 43.1 Å². The van der Waals surface area contributed by atoms with Crippen molar-refractivity contribution < 1.29 is 18.7 Å². The van der Waals surface area contributed by atoms with E-state index < -0.39 is 5.91 Å². The van der Waals surface area contributed by atoms with Crippen LogP contribution in [0, 0.1) is 0 Å². The van der Waals surface area contributed by atoms with Gasteiger partial charge in [0, 0.05) is 18.8 Å². The summed E-state index contributed by atoms with van der Waals surface area (Å²) in [5.41, 5.74) is 0.981. The fraction of sp³-hybridized carbons (Fsp3) is 0.250. The molecular formula is C16H16ClN3O4. The van der Waals surface area contributed by atoms with Gasteiger partial charge in [-0.1, -0.05) is 11.6 Å². The minimum atomic E-state index is -0.396. The molecule has 0 spiro atoms. The van der Waals surface area contributed by atoms with E-state index in [0.29, 0.717) is 42.7 Å². The third kappa shape index (κ3) is 3.87. The standard InChI is InChI=1S/C16H16ClN3O4/c17-12-10-11(18-16(22)20-5-8-23-9-6-20)3-4-13(12)19-15(21)14-2-1-7-24-14/h1-4,7,10H,5-6,8-9H2,(H,18,22)(H,19,21). The lowest BCUT2D eigenvalue weighted by molar-refractivity contribution is 0.0564. The van der Waals surface area contributed by atoms with Crippen LogP contribution in [-0.2, 0) is 4.74 Å². The van der Waals surface area contributed by atoms with E-state index in [4.69, 9.17) is 20.8 Å². The molecule has 126 valence electrons. The molecule has 8 heteroatoms. The van der Waals surface area contributed by atoms with Gasteiger partial charge >= 0.3 is 6.03 Å². The van der Waals surface area contributed by atoms with Gasteiger partial charge in [0.1, 0.15) is 0 Å². The molecule has 1 aromatic carbocycles. The van der Waals surface area contributed by atoms with E-state index in [1.165, 1.54) is 6.26 Å². The first-order chi connectivity index (χ1) is 11.6. The van der Waals surface area contributed by atoms with Crippen molar-refractivity contribution in [3.63, 3.8) is 0 Å². The molecule has 0 unspecified atom stereocenters. The fourth-order valence-corrected chi connectivity index (χ4v) is 2.48. The van der Waals surface area contributed by atoms with Crippen molar-refractivity contribution in [2.45, 2.75) is 0 Å². The second-order valence-corrected chi connectivity index (χ2v) is 5.56. The van der Waals surface area contributed by atoms with E-state index in [9.17, 15) is 9.59 Å². The average molecular weight is 350 g/mol. The lowest BCUT2D eigenvalue weighted by atomic mass is 10.2. The van der Waals surface area contributed by atoms with E-state index in [2.05, 4.69) is 10.6 Å². The number of morpholine rings is 1. The molecule has 3 amide bonds. The molecule has 2 heterocycles. The van der Waals surface area contributed by atoms with E-state index in [1.54, 1.807) is 35.2 Å². The molecule has 2 N–H and O–H groups in total. The molecule has 0 radical (unpaired) electrons. The summed E-state index contributed by atoms with van der Waals surface area (Å²) in [6, 6.07) is 7.85. The summed E-state index contributed by atoms with van der Waals surface area (Å²) in [6.07, 6.45) is 1.42. The number of halogens is 1. The molecule has 1 saturated heterocycles. The molecule has 24 heavy (non-hydrogen) atoms. The van der Waals surface area contributed by atoms with E-state index in [0.717, 1.165) is 0 Å². The molecule has 1 aliphatic rings. The van der Waals surface area contributed by atoms with Gasteiger partial charge in [-0.25, -0.2) is 4.79 Å². The summed E-state index contributed by atoms with van der Waals surface area (Å²) in [7, 11) is 0. The number of carbonyl (C=O) groups is 2. The Bertz CT molecular complexity index is 727. The van der Waals surface area contributed by atoms with Gasteiger partial charge in [0.2, 0.25) is 0 Å². The summed E-state index contributed by atoms with van der Waals surface area (Å²) in [4.78, 5) is 25.7. The molecule has 7 nitrogen and oxygen atoms in total. The Morgan fingerprint density at radius 3 is 2.58 bits per heavy atom. The number of rotatable bonds is 3. The van der Waals surface area contributed by atoms with E-state index >= 15 is 0 Å². The second kappa shape index (κ2) is 7.37. The molecule has 0 atom stereocenters. The fourth-order valence-electron chi connectivity index (χ4n) is 2.25. The van der Waals surface area contributed by atoms with Crippen LogP contribution in [0.5, 0.6) is 0 Å². The van der Waals surface area contributed by atoms with Gasteiger partial charge in [-0.3, -0.25) is 4.79 Å². The minimum Gasteiger partial charge on any atom is -0.459 e. The number of carbonyl (C=O) groups excluding carboxylic acids is 2. The van der Waals surface area contributed by atoms with Gasteiger partial charge in [-0.15, -0.1) is 0 Å². The first kappa shape index (κ1) is 16.4. The highest BCUT2D eigenvalue weighted by atomic mass is 35.5. The number of nitrogens with zero attached hydrogens (tertiary/aromatic N) is 1. The molecule has 1 fully saturated rings. The maximum atomic E-state index is 12.1. The highest BCUT2D eigenvalue weighted by Crippen LogP contribution is 2.26. The highest BCUT2D eigenvalue weighted by molar-refractivity contribution is 6.34. The Hall–Kier alpha value is -2.51. The zero-order chi connectivity index (χ0) is 16.9. The van der Waals surface area contributed by atoms with Crippen LogP contribution in [0.25, 0.3) is 0 Å². The Morgan fingerprint density at radius 1 is 1.12 bits per heavy atom. The number of urea groups is 1. The molecule has 2 aromatic rings. The lowest BCUT2D eigenvalue weighted by Gasteiger charge is -2.27. The maximum absolute atomic E-state index is 12.1. The molecule has 3 rings (SSSR count). The normalized spacial score (nSPS) is 14.3. The summed E-state index contributed by atoms with van der Waals surface area (Å²) < 4.78 is 10.2. The number of anilines is 2. The lowest BCUT2D eigenvalue weighted by Crippen LogP contribution is -2.43. The van der Waals surface area contributed by atoms with Crippen LogP contribution in [0.1, 0.15) is 10.6 Å². The van der Waals surface area contributed by atoms with E-state index in [1.807, 2.05) is 0 Å². The summed E-state index contributed by atoms with van der Waals surface area (Å²) >= 11 is 6.17. The van der Waals surface area contributed by atoms with Gasteiger partial charge in [0.05, 0.1) is 30.2 Å². The molecule has 1 aliphatic heterocycles. The molecule has 0 bridgehead atoms. The highest BCUT2D eigenvalue weighted by Gasteiger charge is 2.17. The van der Waals surface area contributed by atoms with Crippen molar-refractivity contribution in [1.29, 1.82) is 0 Å². The third-order valence-electron chi connectivity index (χ3n) is 3.51. The topological polar surface area (TPSA) is 83.8 Å². The van der Waals surface area contributed by atoms with Crippen LogP contribution in [0.15, 0.2) is 41.0 Å². The number of amides is 3. The minimum absolute atomic E-state index is 0.191. The number of hydrogen-bond donors (Lipinski definition) is 2. The SMILES string of the molecule is O=C(Nc1ccc(NC(=O)N2CCOCC2)cc1Cl)c1ccco1. The van der Waals surface area contributed by atoms with Crippen LogP contribution in [0.2, 0.25) is 5.02 Å². The number of ether oxygens (including phenoxy) is 1. The van der Waals surface area contributed by atoms with Crippen molar-refractivity contribution in [2.75, 3.05) is 36.9 Å². The smallest absolute Gasteiger partial charge is 0.322 e. The number of benzene rings is 1. The van der Waals surface area contributed by atoms with Crippen LogP contribution < -0.4 is 10.6 Å². The Labute approximate surface area is 143 Å². The first-order valence-corrected chi connectivity index (χ1v) is 7.79. The van der Waals surface area contributed by atoms with Gasteiger partial charge in [0.15, 0.2) is 5.76 Å². The monoisotopic (exact) mass is 349 g/mol. The molecule has 0 saturated carbocycles. The maximum Gasteiger partial charge on any atom is 0.322 e. The Balaban J connectivity index is 1.63. The van der Waals surface area contributed by atoms with Crippen molar-refractivity contribution in [3.05, 3.63) is 47.4 Å². The second-order valence-electron chi connectivity index (χ2n) is 5.16. The van der Waals surface area contributed by atoms with Crippen molar-refractivity contribution in [3.8, 4) is 0 Å². The molecule has 1 aromatic heterocycles. The Morgan fingerprint density at radius 2 is 1.92 bits per heavy atom. The number of furan rings is 1. The first-order valence-electron chi connectivity index (χ1n) is 7.41. The Kier molecular flexibility index (Phi) is 5.02. The molecular weight excluding hydrogens is 334 g/mol. The summed E-state index contributed by atoms with van der Waals surface area (Å²) in [6.45, 7) is 2.17. The summed E-state index contributed by atoms with van der Waals surface area (Å²) in [5, 5.41) is 5.74.